The molecular formula is C19H24N2O. The van der Waals surface area contributed by atoms with Crippen LogP contribution in [0.4, 0.5) is 5.69 Å². The molecule has 22 heavy (non-hydrogen) atoms. The number of benzene rings is 2. The van der Waals surface area contributed by atoms with Crippen LogP contribution in [0.3, 0.4) is 0 Å². The fraction of sp³-hybridized carbons (Fsp3) is 0.368. The summed E-state index contributed by atoms with van der Waals surface area (Å²) in [6, 6.07) is 19.3. The van der Waals surface area contributed by atoms with Gasteiger partial charge in [0.15, 0.2) is 0 Å². The zero-order valence-corrected chi connectivity index (χ0v) is 13.2. The number of hydrogen-bond acceptors (Lipinski definition) is 3. The van der Waals surface area contributed by atoms with E-state index < -0.39 is 0 Å². The van der Waals surface area contributed by atoms with Crippen LogP contribution in [-0.4, -0.2) is 38.2 Å². The van der Waals surface area contributed by atoms with Gasteiger partial charge in [-0.15, -0.1) is 0 Å². The summed E-state index contributed by atoms with van der Waals surface area (Å²) < 4.78 is 5.32. The molecule has 1 saturated heterocycles. The Morgan fingerprint density at radius 1 is 0.864 bits per heavy atom. The highest BCUT2D eigenvalue weighted by Gasteiger charge is 2.18. The van der Waals surface area contributed by atoms with Gasteiger partial charge in [0.2, 0.25) is 0 Å². The Morgan fingerprint density at radius 2 is 1.55 bits per heavy atom. The molecule has 0 spiro atoms. The molecule has 0 unspecified atom stereocenters. The van der Waals surface area contributed by atoms with Crippen LogP contribution in [0.25, 0.3) is 0 Å². The van der Waals surface area contributed by atoms with E-state index in [1.54, 1.807) is 7.11 Å². The van der Waals surface area contributed by atoms with Gasteiger partial charge < -0.3 is 9.64 Å². The van der Waals surface area contributed by atoms with Crippen molar-refractivity contribution in [2.75, 3.05) is 38.2 Å². The average Bonchev–Trinajstić information content (AvgIpc) is 2.58. The van der Waals surface area contributed by atoms with E-state index in [1.807, 2.05) is 0 Å². The van der Waals surface area contributed by atoms with Crippen molar-refractivity contribution in [1.29, 1.82) is 0 Å². The molecule has 0 radical (unpaired) electrons. The molecule has 0 atom stereocenters. The summed E-state index contributed by atoms with van der Waals surface area (Å²) in [5.41, 5.74) is 4.00. The van der Waals surface area contributed by atoms with E-state index in [0.29, 0.717) is 6.61 Å². The molecule has 1 aliphatic rings. The fourth-order valence-electron chi connectivity index (χ4n) is 3.09. The minimum absolute atomic E-state index is 0.681. The third-order valence-electron chi connectivity index (χ3n) is 4.25. The number of piperazine rings is 1. The second-order valence-electron chi connectivity index (χ2n) is 5.81. The van der Waals surface area contributed by atoms with Gasteiger partial charge in [0, 0.05) is 51.1 Å². The molecule has 1 heterocycles. The van der Waals surface area contributed by atoms with E-state index in [9.17, 15) is 0 Å². The zero-order valence-electron chi connectivity index (χ0n) is 13.2. The molecule has 0 N–H and O–H groups in total. The molecule has 0 aromatic heterocycles. The molecule has 2 aromatic rings. The molecule has 0 bridgehead atoms. The van der Waals surface area contributed by atoms with Crippen LogP contribution in [0.2, 0.25) is 0 Å². The number of hydrogen-bond donors (Lipinski definition) is 0. The Bertz CT molecular complexity index is 577. The van der Waals surface area contributed by atoms with E-state index in [4.69, 9.17) is 4.74 Å². The molecule has 3 heteroatoms. The molecule has 0 amide bonds. The number of anilines is 1. The number of methoxy groups -OCH3 is 1. The van der Waals surface area contributed by atoms with Gasteiger partial charge in [-0.3, -0.25) is 4.90 Å². The minimum Gasteiger partial charge on any atom is -0.380 e. The molecule has 3 nitrogen and oxygen atoms in total. The van der Waals surface area contributed by atoms with Crippen molar-refractivity contribution in [2.24, 2.45) is 0 Å². The lowest BCUT2D eigenvalue weighted by atomic mass is 10.1. The maximum Gasteiger partial charge on any atom is 0.0733 e. The van der Waals surface area contributed by atoms with Gasteiger partial charge in [0.05, 0.1) is 6.61 Å². The molecular weight excluding hydrogens is 272 g/mol. The van der Waals surface area contributed by atoms with Crippen LogP contribution >= 0.6 is 0 Å². The maximum atomic E-state index is 5.32. The lowest BCUT2D eigenvalue weighted by Gasteiger charge is -2.37. The molecule has 1 fully saturated rings. The molecule has 3 rings (SSSR count). The Labute approximate surface area is 133 Å². The van der Waals surface area contributed by atoms with Gasteiger partial charge in [-0.05, 0) is 11.6 Å². The fourth-order valence-corrected chi connectivity index (χ4v) is 3.09. The van der Waals surface area contributed by atoms with Crippen LogP contribution in [0.1, 0.15) is 11.1 Å². The van der Waals surface area contributed by atoms with Crippen molar-refractivity contribution in [2.45, 2.75) is 13.2 Å². The van der Waals surface area contributed by atoms with Gasteiger partial charge in [0.25, 0.3) is 0 Å². The van der Waals surface area contributed by atoms with Crippen LogP contribution in [0.5, 0.6) is 0 Å². The first-order valence-corrected chi connectivity index (χ1v) is 7.95. The van der Waals surface area contributed by atoms with Gasteiger partial charge in [-0.25, -0.2) is 0 Å². The second kappa shape index (κ2) is 7.43. The Morgan fingerprint density at radius 3 is 2.27 bits per heavy atom. The van der Waals surface area contributed by atoms with E-state index >= 15 is 0 Å². The lowest BCUT2D eigenvalue weighted by molar-refractivity contribution is 0.184. The summed E-state index contributed by atoms with van der Waals surface area (Å²) in [4.78, 5) is 5.01. The number of rotatable bonds is 5. The van der Waals surface area contributed by atoms with Crippen molar-refractivity contribution < 1.29 is 4.74 Å². The van der Waals surface area contributed by atoms with Crippen LogP contribution in [-0.2, 0) is 17.9 Å². The first-order chi connectivity index (χ1) is 10.9. The SMILES string of the molecule is COCc1ccccc1N1CCN(Cc2ccccc2)CC1. The molecule has 116 valence electrons. The maximum absolute atomic E-state index is 5.32. The van der Waals surface area contributed by atoms with E-state index in [-0.39, 0.29) is 0 Å². The van der Waals surface area contributed by atoms with E-state index in [2.05, 4.69) is 64.4 Å². The third kappa shape index (κ3) is 3.67. The Balaban J connectivity index is 1.60. The second-order valence-corrected chi connectivity index (χ2v) is 5.81. The summed E-state index contributed by atoms with van der Waals surface area (Å²) >= 11 is 0. The lowest BCUT2D eigenvalue weighted by Crippen LogP contribution is -2.46. The predicted molar refractivity (Wildman–Crippen MR) is 91.1 cm³/mol. The standard InChI is InChI=1S/C19H24N2O/c1-22-16-18-9-5-6-10-19(18)21-13-11-20(12-14-21)15-17-7-3-2-4-8-17/h2-10H,11-16H2,1H3. The normalized spacial score (nSPS) is 16.0. The van der Waals surface area contributed by atoms with Crippen molar-refractivity contribution in [3.8, 4) is 0 Å². The van der Waals surface area contributed by atoms with Crippen LogP contribution in [0.15, 0.2) is 54.6 Å². The zero-order chi connectivity index (χ0) is 15.2. The monoisotopic (exact) mass is 296 g/mol. The van der Waals surface area contributed by atoms with E-state index in [1.165, 1.54) is 16.8 Å². The van der Waals surface area contributed by atoms with Gasteiger partial charge in [-0.1, -0.05) is 48.5 Å². The summed E-state index contributed by atoms with van der Waals surface area (Å²) in [6.45, 7) is 6.10. The van der Waals surface area contributed by atoms with Crippen molar-refractivity contribution >= 4 is 5.69 Å². The molecule has 1 aliphatic heterocycles. The van der Waals surface area contributed by atoms with Crippen molar-refractivity contribution in [3.63, 3.8) is 0 Å². The largest absolute Gasteiger partial charge is 0.380 e. The predicted octanol–water partition coefficient (Wildman–Crippen LogP) is 3.16. The summed E-state index contributed by atoms with van der Waals surface area (Å²) in [5.74, 6) is 0. The van der Waals surface area contributed by atoms with Gasteiger partial charge in [-0.2, -0.15) is 0 Å². The van der Waals surface area contributed by atoms with E-state index in [0.717, 1.165) is 32.7 Å². The summed E-state index contributed by atoms with van der Waals surface area (Å²) in [5, 5.41) is 0. The topological polar surface area (TPSA) is 15.7 Å². The molecule has 0 aliphatic carbocycles. The van der Waals surface area contributed by atoms with Crippen LogP contribution in [0, 0.1) is 0 Å². The van der Waals surface area contributed by atoms with Crippen LogP contribution < -0.4 is 4.90 Å². The highest BCUT2D eigenvalue weighted by Crippen LogP contribution is 2.22. The number of ether oxygens (including phenoxy) is 1. The third-order valence-corrected chi connectivity index (χ3v) is 4.25. The van der Waals surface area contributed by atoms with Crippen molar-refractivity contribution in [3.05, 3.63) is 65.7 Å². The van der Waals surface area contributed by atoms with Gasteiger partial charge in [0.1, 0.15) is 0 Å². The Kier molecular flexibility index (Phi) is 5.09. The quantitative estimate of drug-likeness (QED) is 0.843. The number of para-hydroxylation sites is 1. The molecule has 0 saturated carbocycles. The highest BCUT2D eigenvalue weighted by molar-refractivity contribution is 5.53. The summed E-state index contributed by atoms with van der Waals surface area (Å²) in [6.07, 6.45) is 0. The average molecular weight is 296 g/mol. The first-order valence-electron chi connectivity index (χ1n) is 7.95. The first kappa shape index (κ1) is 15.1. The Hall–Kier alpha value is -1.84. The summed E-state index contributed by atoms with van der Waals surface area (Å²) in [7, 11) is 1.76. The highest BCUT2D eigenvalue weighted by atomic mass is 16.5. The number of nitrogens with zero attached hydrogens (tertiary/aromatic N) is 2. The van der Waals surface area contributed by atoms with Gasteiger partial charge >= 0.3 is 0 Å². The van der Waals surface area contributed by atoms with Crippen molar-refractivity contribution in [1.82, 2.24) is 4.90 Å². The molecule has 2 aromatic carbocycles. The smallest absolute Gasteiger partial charge is 0.0733 e. The minimum atomic E-state index is 0.681.